The van der Waals surface area contributed by atoms with Gasteiger partial charge in [-0.15, -0.1) is 0 Å². The summed E-state index contributed by atoms with van der Waals surface area (Å²) in [7, 11) is 0. The third kappa shape index (κ3) is 3.95. The summed E-state index contributed by atoms with van der Waals surface area (Å²) in [5.74, 6) is -0.347. The van der Waals surface area contributed by atoms with Crippen LogP contribution in [0.25, 0.3) is 0 Å². The van der Waals surface area contributed by atoms with Crippen LogP contribution in [0.4, 0.5) is 10.1 Å². The van der Waals surface area contributed by atoms with Crippen molar-refractivity contribution in [2.45, 2.75) is 0 Å². The molecule has 0 aliphatic heterocycles. The first-order chi connectivity index (χ1) is 9.56. The lowest BCUT2D eigenvalue weighted by Crippen LogP contribution is -2.20. The first kappa shape index (κ1) is 14.8. The van der Waals surface area contributed by atoms with Gasteiger partial charge in [0, 0.05) is 0 Å². The molecule has 2 aromatic rings. The van der Waals surface area contributed by atoms with Gasteiger partial charge in [0.15, 0.2) is 6.61 Å². The van der Waals surface area contributed by atoms with E-state index in [4.69, 9.17) is 16.3 Å². The van der Waals surface area contributed by atoms with Gasteiger partial charge in [-0.05, 0) is 46.3 Å². The highest BCUT2D eigenvalue weighted by Crippen LogP contribution is 2.25. The second kappa shape index (κ2) is 6.72. The monoisotopic (exact) mass is 357 g/mol. The highest BCUT2D eigenvalue weighted by molar-refractivity contribution is 9.10. The molecule has 2 rings (SSSR count). The second-order valence-corrected chi connectivity index (χ2v) is 5.15. The van der Waals surface area contributed by atoms with Crippen molar-refractivity contribution in [2.75, 3.05) is 11.9 Å². The van der Waals surface area contributed by atoms with Crippen LogP contribution in [0, 0.1) is 5.82 Å². The van der Waals surface area contributed by atoms with E-state index in [1.165, 1.54) is 18.2 Å². The summed E-state index contributed by atoms with van der Waals surface area (Å²) in [5, 5.41) is 3.07. The molecule has 0 spiro atoms. The van der Waals surface area contributed by atoms with Crippen molar-refractivity contribution >= 4 is 39.1 Å². The van der Waals surface area contributed by atoms with E-state index >= 15 is 0 Å². The maximum atomic E-state index is 12.9. The van der Waals surface area contributed by atoms with Crippen molar-refractivity contribution in [2.24, 2.45) is 0 Å². The molecule has 0 atom stereocenters. The number of benzene rings is 2. The van der Waals surface area contributed by atoms with Crippen LogP contribution in [0.15, 0.2) is 46.9 Å². The summed E-state index contributed by atoms with van der Waals surface area (Å²) < 4.78 is 18.6. The van der Waals surface area contributed by atoms with Gasteiger partial charge < -0.3 is 10.1 Å². The van der Waals surface area contributed by atoms with E-state index in [-0.39, 0.29) is 18.3 Å². The minimum absolute atomic E-state index is 0.199. The Kier molecular flexibility index (Phi) is 4.98. The average Bonchev–Trinajstić information content (AvgIpc) is 2.40. The lowest BCUT2D eigenvalue weighted by atomic mass is 10.3. The molecule has 0 aliphatic rings. The van der Waals surface area contributed by atoms with E-state index in [1.807, 2.05) is 0 Å². The molecule has 3 nitrogen and oxygen atoms in total. The SMILES string of the molecule is O=C(COc1ccc(F)cc1Br)Nc1ccccc1Cl. The zero-order chi connectivity index (χ0) is 14.5. The van der Waals surface area contributed by atoms with Crippen molar-refractivity contribution in [3.8, 4) is 5.75 Å². The number of halogens is 3. The molecular weight excluding hydrogens is 349 g/mol. The summed E-state index contributed by atoms with van der Waals surface area (Å²) in [6, 6.07) is 10.9. The van der Waals surface area contributed by atoms with Gasteiger partial charge >= 0.3 is 0 Å². The molecule has 0 unspecified atom stereocenters. The third-order valence-corrected chi connectivity index (χ3v) is 3.35. The van der Waals surface area contributed by atoms with Crippen LogP contribution in [-0.4, -0.2) is 12.5 Å². The molecule has 0 fully saturated rings. The Morgan fingerprint density at radius 3 is 2.75 bits per heavy atom. The number of nitrogens with one attached hydrogen (secondary N) is 1. The predicted molar refractivity (Wildman–Crippen MR) is 79.7 cm³/mol. The lowest BCUT2D eigenvalue weighted by molar-refractivity contribution is -0.118. The minimum Gasteiger partial charge on any atom is -0.483 e. The van der Waals surface area contributed by atoms with Crippen LogP contribution in [0.5, 0.6) is 5.75 Å². The van der Waals surface area contributed by atoms with Crippen LogP contribution >= 0.6 is 27.5 Å². The van der Waals surface area contributed by atoms with Gasteiger partial charge in [-0.2, -0.15) is 0 Å². The molecule has 0 saturated carbocycles. The minimum atomic E-state index is -0.384. The van der Waals surface area contributed by atoms with Gasteiger partial charge in [0.1, 0.15) is 11.6 Å². The van der Waals surface area contributed by atoms with Crippen LogP contribution in [0.3, 0.4) is 0 Å². The highest BCUT2D eigenvalue weighted by atomic mass is 79.9. The maximum absolute atomic E-state index is 12.9. The van der Waals surface area contributed by atoms with Crippen LogP contribution in [0.1, 0.15) is 0 Å². The molecule has 0 radical (unpaired) electrons. The Morgan fingerprint density at radius 2 is 2.05 bits per heavy atom. The number of ether oxygens (including phenoxy) is 1. The Morgan fingerprint density at radius 1 is 1.30 bits per heavy atom. The number of rotatable bonds is 4. The van der Waals surface area contributed by atoms with Crippen molar-refractivity contribution in [1.82, 2.24) is 0 Å². The zero-order valence-electron chi connectivity index (χ0n) is 10.2. The van der Waals surface area contributed by atoms with Gasteiger partial charge in [0.2, 0.25) is 0 Å². The van der Waals surface area contributed by atoms with E-state index in [2.05, 4.69) is 21.2 Å². The number of carbonyl (C=O) groups is 1. The number of amides is 1. The van der Waals surface area contributed by atoms with Gasteiger partial charge in [-0.1, -0.05) is 23.7 Å². The first-order valence-electron chi connectivity index (χ1n) is 5.68. The molecule has 0 aliphatic carbocycles. The van der Waals surface area contributed by atoms with Gasteiger partial charge in [0.25, 0.3) is 5.91 Å². The average molecular weight is 359 g/mol. The third-order valence-electron chi connectivity index (χ3n) is 2.40. The van der Waals surface area contributed by atoms with Crippen LogP contribution in [0.2, 0.25) is 5.02 Å². The topological polar surface area (TPSA) is 38.3 Å². The molecular formula is C14H10BrClFNO2. The van der Waals surface area contributed by atoms with Crippen LogP contribution < -0.4 is 10.1 Å². The van der Waals surface area contributed by atoms with Crippen molar-refractivity contribution in [1.29, 1.82) is 0 Å². The number of para-hydroxylation sites is 1. The van der Waals surface area contributed by atoms with E-state index in [1.54, 1.807) is 24.3 Å². The summed E-state index contributed by atoms with van der Waals surface area (Å²) in [5.41, 5.74) is 0.515. The molecule has 0 aromatic heterocycles. The Balaban J connectivity index is 1.94. The van der Waals surface area contributed by atoms with Crippen molar-refractivity contribution in [3.05, 3.63) is 57.8 Å². The van der Waals surface area contributed by atoms with Crippen molar-refractivity contribution < 1.29 is 13.9 Å². The quantitative estimate of drug-likeness (QED) is 0.887. The fraction of sp³-hybridized carbons (Fsp3) is 0.0714. The lowest BCUT2D eigenvalue weighted by Gasteiger charge is -2.09. The zero-order valence-corrected chi connectivity index (χ0v) is 12.5. The highest BCUT2D eigenvalue weighted by Gasteiger charge is 2.08. The van der Waals surface area contributed by atoms with Gasteiger partial charge in [0.05, 0.1) is 15.2 Å². The summed E-state index contributed by atoms with van der Waals surface area (Å²) in [6.07, 6.45) is 0. The molecule has 0 bridgehead atoms. The molecule has 1 N–H and O–H groups in total. The molecule has 0 heterocycles. The number of anilines is 1. The molecule has 20 heavy (non-hydrogen) atoms. The normalized spacial score (nSPS) is 10.2. The fourth-order valence-electron chi connectivity index (χ4n) is 1.48. The van der Waals surface area contributed by atoms with Gasteiger partial charge in [-0.25, -0.2) is 4.39 Å². The number of hydrogen-bond donors (Lipinski definition) is 1. The van der Waals surface area contributed by atoms with E-state index in [0.717, 1.165) is 0 Å². The summed E-state index contributed by atoms with van der Waals surface area (Å²) >= 11 is 9.08. The summed E-state index contributed by atoms with van der Waals surface area (Å²) in [6.45, 7) is -0.199. The molecule has 0 saturated heterocycles. The Labute approximate surface area is 128 Å². The Hall–Kier alpha value is -1.59. The molecule has 1 amide bonds. The first-order valence-corrected chi connectivity index (χ1v) is 6.85. The van der Waals surface area contributed by atoms with Crippen molar-refractivity contribution in [3.63, 3.8) is 0 Å². The van der Waals surface area contributed by atoms with E-state index in [0.29, 0.717) is 20.9 Å². The predicted octanol–water partition coefficient (Wildman–Crippen LogP) is 4.26. The van der Waals surface area contributed by atoms with E-state index in [9.17, 15) is 9.18 Å². The largest absolute Gasteiger partial charge is 0.483 e. The standard InChI is InChI=1S/C14H10BrClFNO2/c15-10-7-9(17)5-6-13(10)20-8-14(19)18-12-4-2-1-3-11(12)16/h1-7H,8H2,(H,18,19). The maximum Gasteiger partial charge on any atom is 0.262 e. The van der Waals surface area contributed by atoms with E-state index < -0.39 is 0 Å². The number of hydrogen-bond acceptors (Lipinski definition) is 2. The second-order valence-electron chi connectivity index (χ2n) is 3.89. The fourth-order valence-corrected chi connectivity index (χ4v) is 2.13. The Bertz CT molecular complexity index is 636. The number of carbonyl (C=O) groups excluding carboxylic acids is 1. The summed E-state index contributed by atoms with van der Waals surface area (Å²) in [4.78, 5) is 11.7. The van der Waals surface area contributed by atoms with Gasteiger partial charge in [-0.3, -0.25) is 4.79 Å². The molecule has 104 valence electrons. The van der Waals surface area contributed by atoms with Crippen LogP contribution in [-0.2, 0) is 4.79 Å². The smallest absolute Gasteiger partial charge is 0.262 e. The molecule has 6 heteroatoms. The molecule has 2 aromatic carbocycles.